The molecule has 0 aliphatic heterocycles. The van der Waals surface area contributed by atoms with E-state index in [1.807, 2.05) is 39.0 Å². The van der Waals surface area contributed by atoms with Gasteiger partial charge in [-0.25, -0.2) is 9.18 Å². The fourth-order valence-corrected chi connectivity index (χ4v) is 3.24. The van der Waals surface area contributed by atoms with E-state index in [-0.39, 0.29) is 12.2 Å². The number of hydrogen-bond donors (Lipinski definition) is 1. The van der Waals surface area contributed by atoms with Gasteiger partial charge in [0.15, 0.2) is 0 Å². The zero-order chi connectivity index (χ0) is 21.0. The van der Waals surface area contributed by atoms with Crippen molar-refractivity contribution in [1.29, 1.82) is 0 Å². The van der Waals surface area contributed by atoms with E-state index >= 15 is 0 Å². The van der Waals surface area contributed by atoms with Gasteiger partial charge in [-0.2, -0.15) is 0 Å². The summed E-state index contributed by atoms with van der Waals surface area (Å²) in [6, 6.07) is 13.7. The Hall–Kier alpha value is -3.21. The topological polar surface area (TPSA) is 59.4 Å². The van der Waals surface area contributed by atoms with Gasteiger partial charge in [-0.05, 0) is 49.6 Å². The summed E-state index contributed by atoms with van der Waals surface area (Å²) < 4.78 is 20.3. The molecule has 4 nitrogen and oxygen atoms in total. The summed E-state index contributed by atoms with van der Waals surface area (Å²) in [5, 5.41) is 9.73. The van der Waals surface area contributed by atoms with Crippen molar-refractivity contribution in [3.63, 3.8) is 0 Å². The predicted octanol–water partition coefficient (Wildman–Crippen LogP) is 5.73. The minimum atomic E-state index is -1.11. The summed E-state index contributed by atoms with van der Waals surface area (Å²) in [7, 11) is 0. The number of halogens is 1. The van der Waals surface area contributed by atoms with E-state index in [0.29, 0.717) is 34.7 Å². The smallest absolute Gasteiger partial charge is 0.337 e. The molecule has 0 atom stereocenters. The van der Waals surface area contributed by atoms with Crippen LogP contribution in [0.2, 0.25) is 0 Å². The molecule has 0 saturated carbocycles. The highest BCUT2D eigenvalue weighted by molar-refractivity contribution is 5.91. The Morgan fingerprint density at radius 3 is 2.52 bits per heavy atom. The molecule has 2 aromatic carbocycles. The quantitative estimate of drug-likeness (QED) is 0.556. The van der Waals surface area contributed by atoms with Crippen LogP contribution in [-0.2, 0) is 13.0 Å². The van der Waals surface area contributed by atoms with Gasteiger partial charge in [0.2, 0.25) is 0 Å². The fraction of sp³-hybridized carbons (Fsp3) is 0.250. The Labute approximate surface area is 170 Å². The number of hydrogen-bond acceptors (Lipinski definition) is 3. The Morgan fingerprint density at radius 2 is 1.83 bits per heavy atom. The van der Waals surface area contributed by atoms with Gasteiger partial charge in [-0.15, -0.1) is 0 Å². The molecule has 0 aliphatic rings. The van der Waals surface area contributed by atoms with Crippen LogP contribution in [0.5, 0.6) is 5.75 Å². The SMILES string of the molecule is CCCc1nc(COc2cc(C)ccc2C)c(C(=O)O)cc1-c1ccccc1F. The lowest BCUT2D eigenvalue weighted by atomic mass is 9.97. The van der Waals surface area contributed by atoms with E-state index in [0.717, 1.165) is 17.5 Å². The first-order valence-electron chi connectivity index (χ1n) is 9.61. The molecule has 5 heteroatoms. The van der Waals surface area contributed by atoms with Crippen LogP contribution in [0.4, 0.5) is 4.39 Å². The van der Waals surface area contributed by atoms with Crippen LogP contribution in [0.1, 0.15) is 46.2 Å². The second-order valence-electron chi connectivity index (χ2n) is 7.07. The molecule has 0 amide bonds. The summed E-state index contributed by atoms with van der Waals surface area (Å²) in [6.45, 7) is 5.93. The standard InChI is InChI=1S/C24H24FNO3/c1-4-7-21-18(17-8-5-6-9-20(17)25)13-19(24(27)28)22(26-21)14-29-23-12-15(2)10-11-16(23)3/h5-6,8-13H,4,7,14H2,1-3H3,(H,27,28). The highest BCUT2D eigenvalue weighted by Crippen LogP contribution is 2.29. The third-order valence-electron chi connectivity index (χ3n) is 4.77. The third-order valence-corrected chi connectivity index (χ3v) is 4.77. The lowest BCUT2D eigenvalue weighted by molar-refractivity contribution is 0.0693. The maximum atomic E-state index is 14.4. The molecule has 1 aromatic heterocycles. The molecule has 0 radical (unpaired) electrons. The van der Waals surface area contributed by atoms with E-state index in [9.17, 15) is 14.3 Å². The molecule has 0 unspecified atom stereocenters. The predicted molar refractivity (Wildman–Crippen MR) is 111 cm³/mol. The first-order chi connectivity index (χ1) is 13.9. The van der Waals surface area contributed by atoms with E-state index in [1.54, 1.807) is 18.2 Å². The number of carbonyl (C=O) groups is 1. The largest absolute Gasteiger partial charge is 0.487 e. The van der Waals surface area contributed by atoms with Crippen molar-refractivity contribution in [2.45, 2.75) is 40.2 Å². The molecule has 0 saturated heterocycles. The Kier molecular flexibility index (Phi) is 6.27. The molecule has 3 rings (SSSR count). The second kappa shape index (κ2) is 8.86. The van der Waals surface area contributed by atoms with Crippen molar-refractivity contribution in [1.82, 2.24) is 4.98 Å². The van der Waals surface area contributed by atoms with Crippen molar-refractivity contribution in [2.75, 3.05) is 0 Å². The molecule has 1 N–H and O–H groups in total. The zero-order valence-electron chi connectivity index (χ0n) is 16.8. The van der Waals surface area contributed by atoms with Crippen molar-refractivity contribution in [2.24, 2.45) is 0 Å². The molecule has 0 fully saturated rings. The fourth-order valence-electron chi connectivity index (χ4n) is 3.24. The Bertz CT molecular complexity index is 1050. The lowest BCUT2D eigenvalue weighted by Gasteiger charge is -2.16. The van der Waals surface area contributed by atoms with Crippen LogP contribution in [0, 0.1) is 19.7 Å². The monoisotopic (exact) mass is 393 g/mol. The minimum absolute atomic E-state index is 0.0217. The number of carboxylic acids is 1. The minimum Gasteiger partial charge on any atom is -0.487 e. The average molecular weight is 393 g/mol. The van der Waals surface area contributed by atoms with Gasteiger partial charge in [-0.1, -0.05) is 43.7 Å². The molecule has 29 heavy (non-hydrogen) atoms. The normalized spacial score (nSPS) is 10.8. The van der Waals surface area contributed by atoms with Crippen molar-refractivity contribution >= 4 is 5.97 Å². The summed E-state index contributed by atoms with van der Waals surface area (Å²) >= 11 is 0. The number of pyridine rings is 1. The molecular weight excluding hydrogens is 369 g/mol. The molecular formula is C24H24FNO3. The van der Waals surface area contributed by atoms with Crippen molar-refractivity contribution < 1.29 is 19.0 Å². The molecule has 0 bridgehead atoms. The zero-order valence-corrected chi connectivity index (χ0v) is 16.8. The Balaban J connectivity index is 2.05. The highest BCUT2D eigenvalue weighted by Gasteiger charge is 2.19. The Morgan fingerprint density at radius 1 is 1.07 bits per heavy atom. The van der Waals surface area contributed by atoms with Crippen LogP contribution in [0.25, 0.3) is 11.1 Å². The van der Waals surface area contributed by atoms with Gasteiger partial charge < -0.3 is 9.84 Å². The van der Waals surface area contributed by atoms with Crippen molar-refractivity contribution in [3.05, 3.63) is 82.4 Å². The average Bonchev–Trinajstić information content (AvgIpc) is 2.69. The third kappa shape index (κ3) is 4.62. The van der Waals surface area contributed by atoms with Crippen LogP contribution < -0.4 is 4.74 Å². The van der Waals surface area contributed by atoms with Crippen LogP contribution >= 0.6 is 0 Å². The van der Waals surface area contributed by atoms with Crippen LogP contribution in [-0.4, -0.2) is 16.1 Å². The van der Waals surface area contributed by atoms with Crippen LogP contribution in [0.15, 0.2) is 48.5 Å². The number of ether oxygens (including phenoxy) is 1. The van der Waals surface area contributed by atoms with E-state index in [2.05, 4.69) is 4.98 Å². The summed E-state index contributed by atoms with van der Waals surface area (Å²) in [5.74, 6) is -0.821. The number of rotatable bonds is 7. The van der Waals surface area contributed by atoms with E-state index in [4.69, 9.17) is 4.74 Å². The van der Waals surface area contributed by atoms with Gasteiger partial charge in [0, 0.05) is 16.8 Å². The second-order valence-corrected chi connectivity index (χ2v) is 7.07. The maximum Gasteiger partial charge on any atom is 0.337 e. The first-order valence-corrected chi connectivity index (χ1v) is 9.61. The van der Waals surface area contributed by atoms with Gasteiger partial charge in [0.1, 0.15) is 18.2 Å². The van der Waals surface area contributed by atoms with Crippen molar-refractivity contribution in [3.8, 4) is 16.9 Å². The summed E-state index contributed by atoms with van der Waals surface area (Å²) in [6.07, 6.45) is 1.41. The summed E-state index contributed by atoms with van der Waals surface area (Å²) in [4.78, 5) is 16.5. The summed E-state index contributed by atoms with van der Waals surface area (Å²) in [5.41, 5.74) is 3.91. The van der Waals surface area contributed by atoms with E-state index < -0.39 is 11.8 Å². The first kappa shape index (κ1) is 20.5. The number of aromatic carboxylic acids is 1. The number of aryl methyl sites for hydroxylation is 3. The van der Waals surface area contributed by atoms with Crippen LogP contribution in [0.3, 0.4) is 0 Å². The van der Waals surface area contributed by atoms with E-state index in [1.165, 1.54) is 12.1 Å². The van der Waals surface area contributed by atoms with Gasteiger partial charge >= 0.3 is 5.97 Å². The molecule has 0 aliphatic carbocycles. The highest BCUT2D eigenvalue weighted by atomic mass is 19.1. The number of nitrogens with zero attached hydrogens (tertiary/aromatic N) is 1. The lowest BCUT2D eigenvalue weighted by Crippen LogP contribution is -2.12. The molecule has 3 aromatic rings. The number of aromatic nitrogens is 1. The van der Waals surface area contributed by atoms with Gasteiger partial charge in [-0.3, -0.25) is 4.98 Å². The number of carboxylic acid groups (broad SMARTS) is 1. The maximum absolute atomic E-state index is 14.4. The molecule has 150 valence electrons. The van der Waals surface area contributed by atoms with Gasteiger partial charge in [0.25, 0.3) is 0 Å². The molecule has 0 spiro atoms. The van der Waals surface area contributed by atoms with Gasteiger partial charge in [0.05, 0.1) is 11.3 Å². The number of benzene rings is 2. The molecule has 1 heterocycles.